The highest BCUT2D eigenvalue weighted by Crippen LogP contribution is 2.28. The van der Waals surface area contributed by atoms with Crippen LogP contribution in [-0.2, 0) is 16.6 Å². The molecule has 0 radical (unpaired) electrons. The number of nitrogens with one attached hydrogen (secondary N) is 2. The minimum Gasteiger partial charge on any atom is -0.496 e. The van der Waals surface area contributed by atoms with E-state index in [1.807, 2.05) is 13.8 Å². The molecule has 0 saturated heterocycles. The molecule has 3 rings (SSSR count). The molecular weight excluding hydrogens is 394 g/mol. The summed E-state index contributed by atoms with van der Waals surface area (Å²) in [6, 6.07) is 4.29. The van der Waals surface area contributed by atoms with Crippen LogP contribution in [0, 0.1) is 13.8 Å². The number of nitrogens with zero attached hydrogens (tertiary/aromatic N) is 1. The van der Waals surface area contributed by atoms with Crippen LogP contribution in [0.4, 0.5) is 0 Å². The molecule has 156 valence electrons. The third-order valence-electron chi connectivity index (χ3n) is 4.78. The Kier molecular flexibility index (Phi) is 6.09. The minimum absolute atomic E-state index is 0.0484. The standard InChI is InChI=1S/C20H25N3O5S/c1-12-10-21-16(13(2)19(12)28-4)11-22-20(24)14-5-8-17(27-3)18(9-14)29(25,26)23-15-6-7-15/h5,8-10,15,23H,6-7,11H2,1-4H3,(H,22,24). The molecule has 1 heterocycles. The van der Waals surface area contributed by atoms with Crippen LogP contribution in [0.5, 0.6) is 11.5 Å². The van der Waals surface area contributed by atoms with Gasteiger partial charge in [-0.3, -0.25) is 9.78 Å². The van der Waals surface area contributed by atoms with E-state index >= 15 is 0 Å². The molecule has 1 fully saturated rings. The summed E-state index contributed by atoms with van der Waals surface area (Å²) in [5.74, 6) is 0.514. The van der Waals surface area contributed by atoms with E-state index in [1.165, 1.54) is 25.3 Å². The van der Waals surface area contributed by atoms with Crippen molar-refractivity contribution in [1.29, 1.82) is 0 Å². The number of carbonyl (C=O) groups is 1. The van der Waals surface area contributed by atoms with Gasteiger partial charge in [0.05, 0.1) is 26.5 Å². The molecule has 29 heavy (non-hydrogen) atoms. The van der Waals surface area contributed by atoms with Gasteiger partial charge in [-0.05, 0) is 44.9 Å². The number of methoxy groups -OCH3 is 2. The van der Waals surface area contributed by atoms with Gasteiger partial charge in [0.1, 0.15) is 16.4 Å². The third kappa shape index (κ3) is 4.68. The van der Waals surface area contributed by atoms with Crippen molar-refractivity contribution in [3.05, 3.63) is 46.8 Å². The Labute approximate surface area is 170 Å². The second-order valence-electron chi connectivity index (χ2n) is 6.99. The van der Waals surface area contributed by atoms with Gasteiger partial charge in [0.2, 0.25) is 10.0 Å². The largest absolute Gasteiger partial charge is 0.496 e. The molecule has 1 amide bonds. The molecule has 0 bridgehead atoms. The van der Waals surface area contributed by atoms with E-state index in [2.05, 4.69) is 15.0 Å². The average molecular weight is 420 g/mol. The van der Waals surface area contributed by atoms with Crippen LogP contribution in [0.25, 0.3) is 0 Å². The number of aryl methyl sites for hydroxylation is 1. The lowest BCUT2D eigenvalue weighted by Crippen LogP contribution is -2.27. The van der Waals surface area contributed by atoms with Crippen LogP contribution in [0.1, 0.15) is 40.0 Å². The molecule has 1 aromatic heterocycles. The zero-order valence-corrected chi connectivity index (χ0v) is 17.7. The van der Waals surface area contributed by atoms with Crippen molar-refractivity contribution in [3.8, 4) is 11.5 Å². The zero-order chi connectivity index (χ0) is 21.2. The first-order valence-electron chi connectivity index (χ1n) is 9.24. The third-order valence-corrected chi connectivity index (χ3v) is 6.32. The molecule has 0 aliphatic heterocycles. The Bertz CT molecular complexity index is 1030. The predicted molar refractivity (Wildman–Crippen MR) is 108 cm³/mol. The smallest absolute Gasteiger partial charge is 0.251 e. The normalized spacial score (nSPS) is 13.8. The fraction of sp³-hybridized carbons (Fsp3) is 0.400. The monoisotopic (exact) mass is 419 g/mol. The highest BCUT2D eigenvalue weighted by Gasteiger charge is 2.30. The molecule has 9 heteroatoms. The molecule has 1 saturated carbocycles. The molecule has 0 atom stereocenters. The van der Waals surface area contributed by atoms with Gasteiger partial charge in [-0.15, -0.1) is 0 Å². The number of sulfonamides is 1. The second kappa shape index (κ2) is 8.38. The molecule has 0 unspecified atom stereocenters. The number of amides is 1. The van der Waals surface area contributed by atoms with Crippen molar-refractivity contribution in [2.24, 2.45) is 0 Å². The number of ether oxygens (including phenoxy) is 2. The Morgan fingerprint density at radius 2 is 1.93 bits per heavy atom. The molecule has 1 aromatic carbocycles. The van der Waals surface area contributed by atoms with Gasteiger partial charge in [0, 0.05) is 28.9 Å². The summed E-state index contributed by atoms with van der Waals surface area (Å²) in [7, 11) is -0.784. The lowest BCUT2D eigenvalue weighted by Gasteiger charge is -2.14. The van der Waals surface area contributed by atoms with Gasteiger partial charge in [-0.25, -0.2) is 13.1 Å². The van der Waals surface area contributed by atoms with Crippen LogP contribution >= 0.6 is 0 Å². The van der Waals surface area contributed by atoms with Gasteiger partial charge in [0.25, 0.3) is 5.91 Å². The summed E-state index contributed by atoms with van der Waals surface area (Å²) >= 11 is 0. The number of benzene rings is 1. The second-order valence-corrected chi connectivity index (χ2v) is 8.67. The highest BCUT2D eigenvalue weighted by atomic mass is 32.2. The SMILES string of the molecule is COc1ccc(C(=O)NCc2ncc(C)c(OC)c2C)cc1S(=O)(=O)NC1CC1. The van der Waals surface area contributed by atoms with E-state index < -0.39 is 15.9 Å². The van der Waals surface area contributed by atoms with Crippen molar-refractivity contribution in [1.82, 2.24) is 15.0 Å². The Balaban J connectivity index is 1.80. The van der Waals surface area contributed by atoms with Gasteiger partial charge in [0.15, 0.2) is 0 Å². The van der Waals surface area contributed by atoms with Gasteiger partial charge in [-0.1, -0.05) is 0 Å². The quantitative estimate of drug-likeness (QED) is 0.679. The summed E-state index contributed by atoms with van der Waals surface area (Å²) in [4.78, 5) is 16.9. The lowest BCUT2D eigenvalue weighted by molar-refractivity contribution is 0.0950. The fourth-order valence-electron chi connectivity index (χ4n) is 3.03. The minimum atomic E-state index is -3.77. The summed E-state index contributed by atoms with van der Waals surface area (Å²) in [6.45, 7) is 3.97. The van der Waals surface area contributed by atoms with Crippen molar-refractivity contribution in [3.63, 3.8) is 0 Å². The van der Waals surface area contributed by atoms with Crippen LogP contribution in [0.15, 0.2) is 29.3 Å². The molecule has 8 nitrogen and oxygen atoms in total. The molecule has 2 N–H and O–H groups in total. The van der Waals surface area contributed by atoms with Crippen LogP contribution < -0.4 is 19.5 Å². The first kappa shape index (κ1) is 21.1. The average Bonchev–Trinajstić information content (AvgIpc) is 3.50. The van der Waals surface area contributed by atoms with Crippen LogP contribution in [0.3, 0.4) is 0 Å². The maximum Gasteiger partial charge on any atom is 0.251 e. The van der Waals surface area contributed by atoms with Gasteiger partial charge >= 0.3 is 0 Å². The van der Waals surface area contributed by atoms with E-state index in [9.17, 15) is 13.2 Å². The van der Waals surface area contributed by atoms with Gasteiger partial charge < -0.3 is 14.8 Å². The summed E-state index contributed by atoms with van der Waals surface area (Å²) in [6.07, 6.45) is 3.32. The fourth-order valence-corrected chi connectivity index (χ4v) is 4.53. The number of carbonyl (C=O) groups excluding carboxylic acids is 1. The van der Waals surface area contributed by atoms with Gasteiger partial charge in [-0.2, -0.15) is 0 Å². The maximum absolute atomic E-state index is 12.6. The number of rotatable bonds is 8. The Hall–Kier alpha value is -2.65. The van der Waals surface area contributed by atoms with Crippen LogP contribution in [-0.4, -0.2) is 39.6 Å². The summed E-state index contributed by atoms with van der Waals surface area (Å²) in [5, 5.41) is 2.78. The Morgan fingerprint density at radius 1 is 1.21 bits per heavy atom. The topological polar surface area (TPSA) is 107 Å². The van der Waals surface area contributed by atoms with E-state index in [1.54, 1.807) is 13.3 Å². The molecular formula is C20H25N3O5S. The van der Waals surface area contributed by atoms with E-state index in [0.29, 0.717) is 5.69 Å². The zero-order valence-electron chi connectivity index (χ0n) is 16.9. The molecule has 1 aliphatic carbocycles. The number of aromatic nitrogens is 1. The Morgan fingerprint density at radius 3 is 2.55 bits per heavy atom. The first-order valence-corrected chi connectivity index (χ1v) is 10.7. The summed E-state index contributed by atoms with van der Waals surface area (Å²) in [5.41, 5.74) is 2.66. The van der Waals surface area contributed by atoms with Crippen molar-refractivity contribution in [2.45, 2.75) is 44.2 Å². The summed E-state index contributed by atoms with van der Waals surface area (Å²) < 4.78 is 38.4. The number of pyridine rings is 1. The molecule has 2 aromatic rings. The van der Waals surface area contributed by atoms with Crippen molar-refractivity contribution < 1.29 is 22.7 Å². The molecule has 0 spiro atoms. The molecule has 1 aliphatic rings. The first-order chi connectivity index (χ1) is 13.8. The van der Waals surface area contributed by atoms with Crippen molar-refractivity contribution >= 4 is 15.9 Å². The van der Waals surface area contributed by atoms with Crippen molar-refractivity contribution in [2.75, 3.05) is 14.2 Å². The van der Waals surface area contributed by atoms with E-state index in [0.717, 1.165) is 29.7 Å². The number of hydrogen-bond acceptors (Lipinski definition) is 6. The lowest BCUT2D eigenvalue weighted by atomic mass is 10.1. The van der Waals surface area contributed by atoms with Crippen LogP contribution in [0.2, 0.25) is 0 Å². The van der Waals surface area contributed by atoms with E-state index in [-0.39, 0.29) is 28.8 Å². The maximum atomic E-state index is 12.6. The predicted octanol–water partition coefficient (Wildman–Crippen LogP) is 2.09. The number of hydrogen-bond donors (Lipinski definition) is 2. The highest BCUT2D eigenvalue weighted by molar-refractivity contribution is 7.89. The van der Waals surface area contributed by atoms with E-state index in [4.69, 9.17) is 9.47 Å².